The van der Waals surface area contributed by atoms with Gasteiger partial charge in [0.05, 0.1) is 13.0 Å². The highest BCUT2D eigenvalue weighted by Crippen LogP contribution is 2.49. The minimum Gasteiger partial charge on any atom is -0.481 e. The number of carbonyl (C=O) groups is 1. The van der Waals surface area contributed by atoms with E-state index in [9.17, 15) is 44.3 Å². The van der Waals surface area contributed by atoms with Gasteiger partial charge in [0.25, 0.3) is 0 Å². The minimum absolute atomic E-state index is 0. The molecule has 0 aromatic carbocycles. The lowest BCUT2D eigenvalue weighted by Gasteiger charge is -2.33. The van der Waals surface area contributed by atoms with Gasteiger partial charge in [-0.2, -0.15) is 26.3 Å². The predicted molar refractivity (Wildman–Crippen MR) is 45.2 cm³/mol. The summed E-state index contributed by atoms with van der Waals surface area (Å²) >= 11 is 0. The molecule has 1 atom stereocenters. The molecule has 0 aromatic heterocycles. The average molecular weight is 341 g/mol. The third kappa shape index (κ3) is 5.92. The number of carboxylic acids is 1. The molecule has 0 bridgehead atoms. The van der Waals surface area contributed by atoms with Gasteiger partial charge in [-0.25, -0.2) is 4.74 Å². The molecule has 5 nitrogen and oxygen atoms in total. The molecule has 0 radical (unpaired) electrons. The zero-order chi connectivity index (χ0) is 16.4. The quantitative estimate of drug-likeness (QED) is 0.725. The first-order valence-corrected chi connectivity index (χ1v) is 4.38. The van der Waals surface area contributed by atoms with E-state index in [1.807, 2.05) is 0 Å². The van der Waals surface area contributed by atoms with Crippen molar-refractivity contribution in [1.29, 1.82) is 0 Å². The van der Waals surface area contributed by atoms with Crippen molar-refractivity contribution in [2.45, 2.75) is 30.9 Å². The summed E-state index contributed by atoms with van der Waals surface area (Å²) in [5.74, 6) is -8.33. The third-order valence-corrected chi connectivity index (χ3v) is 1.59. The minimum atomic E-state index is -6.80. The molecule has 0 rings (SSSR count). The van der Waals surface area contributed by atoms with Crippen LogP contribution in [0.25, 0.3) is 0 Å². The molecule has 0 aliphatic carbocycles. The highest BCUT2D eigenvalue weighted by Gasteiger charge is 2.77. The Bertz CT molecular complexity index is 355. The molecule has 1 unspecified atom stereocenters. The van der Waals surface area contributed by atoms with Gasteiger partial charge in [-0.15, -0.1) is 13.2 Å². The van der Waals surface area contributed by atoms with Crippen LogP contribution in [0.4, 0.5) is 39.5 Å². The Balaban J connectivity index is 0. The van der Waals surface area contributed by atoms with Gasteiger partial charge in [0.1, 0.15) is 0 Å². The van der Waals surface area contributed by atoms with Crippen LogP contribution in [-0.4, -0.2) is 42.2 Å². The number of carboxylic acid groups (broad SMARTS) is 1. The van der Waals surface area contributed by atoms with Gasteiger partial charge in [-0.3, -0.25) is 4.79 Å². The monoisotopic (exact) mass is 341 g/mol. The number of aliphatic carboxylic acids is 1. The molecule has 0 amide bonds. The maximum atomic E-state index is 13.0. The number of hydrogen-bond acceptors (Lipinski definition) is 4. The Morgan fingerprint density at radius 1 is 0.952 bits per heavy atom. The van der Waals surface area contributed by atoms with Gasteiger partial charge in [-0.05, 0) is 0 Å². The standard InChI is InChI=1S/C7H5F9O4.H3N/c8-4(5(9,10)11,20-7(14,15)16)6(12,13)19-2-1-3(17)18;/h1-2H2,(H,17,18);1H3. The van der Waals surface area contributed by atoms with E-state index in [0.717, 1.165) is 0 Å². The second kappa shape index (κ2) is 6.65. The van der Waals surface area contributed by atoms with Crippen molar-refractivity contribution in [3.8, 4) is 0 Å². The van der Waals surface area contributed by atoms with Gasteiger partial charge in [0.15, 0.2) is 0 Å². The van der Waals surface area contributed by atoms with Crippen LogP contribution in [0.5, 0.6) is 0 Å². The first kappa shape index (κ1) is 22.0. The van der Waals surface area contributed by atoms with Crippen LogP contribution in [0.1, 0.15) is 6.42 Å². The first-order chi connectivity index (χ1) is 8.62. The smallest absolute Gasteiger partial charge is 0.481 e. The zero-order valence-electron chi connectivity index (χ0n) is 9.69. The molecular formula is C7H8F9NO4. The molecule has 0 saturated carbocycles. The number of ether oxygens (including phenoxy) is 2. The summed E-state index contributed by atoms with van der Waals surface area (Å²) in [7, 11) is 0. The van der Waals surface area contributed by atoms with Crippen molar-refractivity contribution in [2.24, 2.45) is 0 Å². The van der Waals surface area contributed by atoms with Crippen LogP contribution in [0.3, 0.4) is 0 Å². The lowest BCUT2D eigenvalue weighted by Crippen LogP contribution is -2.60. The topological polar surface area (TPSA) is 90.8 Å². The van der Waals surface area contributed by atoms with Crippen molar-refractivity contribution < 1.29 is 58.9 Å². The Morgan fingerprint density at radius 2 is 1.38 bits per heavy atom. The van der Waals surface area contributed by atoms with Crippen molar-refractivity contribution in [2.75, 3.05) is 6.61 Å². The summed E-state index contributed by atoms with van der Waals surface area (Å²) in [6, 6.07) is 0. The van der Waals surface area contributed by atoms with E-state index < -0.39 is 43.5 Å². The van der Waals surface area contributed by atoms with Crippen molar-refractivity contribution in [1.82, 2.24) is 6.15 Å². The van der Waals surface area contributed by atoms with Crippen molar-refractivity contribution in [3.05, 3.63) is 0 Å². The van der Waals surface area contributed by atoms with Crippen LogP contribution >= 0.6 is 0 Å². The first-order valence-electron chi connectivity index (χ1n) is 4.38. The van der Waals surface area contributed by atoms with Crippen molar-refractivity contribution in [3.63, 3.8) is 0 Å². The fourth-order valence-corrected chi connectivity index (χ4v) is 0.801. The molecule has 128 valence electrons. The molecule has 0 aromatic rings. The third-order valence-electron chi connectivity index (χ3n) is 1.59. The molecule has 0 fully saturated rings. The molecule has 0 aliphatic heterocycles. The number of hydrogen-bond donors (Lipinski definition) is 2. The lowest BCUT2D eigenvalue weighted by atomic mass is 10.2. The largest absolute Gasteiger partial charge is 0.525 e. The van der Waals surface area contributed by atoms with Crippen LogP contribution in [0.2, 0.25) is 0 Å². The summed E-state index contributed by atoms with van der Waals surface area (Å²) < 4.78 is 114. The lowest BCUT2D eigenvalue weighted by molar-refractivity contribution is -0.519. The van der Waals surface area contributed by atoms with E-state index in [0.29, 0.717) is 0 Å². The van der Waals surface area contributed by atoms with E-state index in [1.165, 1.54) is 0 Å². The molecule has 0 saturated heterocycles. The Labute approximate surface area is 110 Å². The Morgan fingerprint density at radius 3 is 1.67 bits per heavy atom. The maximum absolute atomic E-state index is 13.0. The second-order valence-electron chi connectivity index (χ2n) is 3.15. The summed E-state index contributed by atoms with van der Waals surface area (Å²) in [6.07, 6.45) is -20.6. The van der Waals surface area contributed by atoms with Gasteiger partial charge >= 0.3 is 30.5 Å². The summed E-state index contributed by atoms with van der Waals surface area (Å²) in [5.41, 5.74) is 0. The van der Waals surface area contributed by atoms with Gasteiger partial charge in [0, 0.05) is 0 Å². The molecule has 14 heteroatoms. The van der Waals surface area contributed by atoms with Gasteiger partial charge in [-0.1, -0.05) is 0 Å². The number of rotatable bonds is 6. The normalized spacial score (nSPS) is 16.0. The van der Waals surface area contributed by atoms with E-state index in [-0.39, 0.29) is 6.15 Å². The van der Waals surface area contributed by atoms with Crippen LogP contribution < -0.4 is 6.15 Å². The molecule has 0 spiro atoms. The fourth-order valence-electron chi connectivity index (χ4n) is 0.801. The summed E-state index contributed by atoms with van der Waals surface area (Å²) in [5, 5.41) is 8.01. The maximum Gasteiger partial charge on any atom is 0.525 e. The Hall–Kier alpha value is -1.28. The second-order valence-corrected chi connectivity index (χ2v) is 3.15. The Kier molecular flexibility index (Phi) is 6.97. The predicted octanol–water partition coefficient (Wildman–Crippen LogP) is 3.00. The molecule has 21 heavy (non-hydrogen) atoms. The van der Waals surface area contributed by atoms with Crippen molar-refractivity contribution >= 4 is 5.97 Å². The highest BCUT2D eigenvalue weighted by atomic mass is 19.4. The number of halogens is 9. The van der Waals surface area contributed by atoms with E-state index >= 15 is 0 Å². The zero-order valence-corrected chi connectivity index (χ0v) is 9.69. The van der Waals surface area contributed by atoms with E-state index in [4.69, 9.17) is 5.11 Å². The average Bonchev–Trinajstić information content (AvgIpc) is 2.11. The highest BCUT2D eigenvalue weighted by molar-refractivity contribution is 5.66. The molecule has 0 heterocycles. The summed E-state index contributed by atoms with van der Waals surface area (Å²) in [4.78, 5) is 9.91. The SMILES string of the molecule is N.O=C(O)CCOC(F)(F)C(F)(OC(F)(F)F)C(F)(F)F. The van der Waals surface area contributed by atoms with Gasteiger partial charge < -0.3 is 16.0 Å². The van der Waals surface area contributed by atoms with Crippen LogP contribution in [-0.2, 0) is 14.3 Å². The van der Waals surface area contributed by atoms with E-state index in [2.05, 4.69) is 4.74 Å². The molecular weight excluding hydrogens is 333 g/mol. The van der Waals surface area contributed by atoms with Gasteiger partial charge in [0.2, 0.25) is 0 Å². The summed E-state index contributed by atoms with van der Waals surface area (Å²) in [6.45, 7) is -1.68. The molecule has 0 aliphatic rings. The van der Waals surface area contributed by atoms with Crippen LogP contribution in [0, 0.1) is 0 Å². The molecule has 4 N–H and O–H groups in total. The fraction of sp³-hybridized carbons (Fsp3) is 0.857. The number of alkyl halides is 9. The van der Waals surface area contributed by atoms with E-state index in [1.54, 1.807) is 4.74 Å². The van der Waals surface area contributed by atoms with Crippen LogP contribution in [0.15, 0.2) is 0 Å².